The predicted octanol–water partition coefficient (Wildman–Crippen LogP) is 1.67. The van der Waals surface area contributed by atoms with Crippen molar-refractivity contribution in [2.45, 2.75) is 46.3 Å². The number of piperazine rings is 1. The number of hydrogen-bond donors (Lipinski definition) is 1. The van der Waals surface area contributed by atoms with E-state index in [1.54, 1.807) is 16.7 Å². The average Bonchev–Trinajstić information content (AvgIpc) is 2.66. The fraction of sp³-hybridized carbons (Fsp3) is 0.600. The molecule has 6 heteroatoms. The first-order valence-electron chi connectivity index (χ1n) is 9.42. The maximum Gasteiger partial charge on any atom is 0.263 e. The zero-order valence-corrected chi connectivity index (χ0v) is 16.3. The molecule has 26 heavy (non-hydrogen) atoms. The maximum atomic E-state index is 12.6. The van der Waals surface area contributed by atoms with Crippen LogP contribution in [0.5, 0.6) is 5.75 Å². The summed E-state index contributed by atoms with van der Waals surface area (Å²) in [6, 6.07) is 7.64. The summed E-state index contributed by atoms with van der Waals surface area (Å²) in [6.45, 7) is 9.70. The molecule has 0 aromatic heterocycles. The van der Waals surface area contributed by atoms with Crippen LogP contribution in [0.1, 0.15) is 33.3 Å². The number of ether oxygens (including phenoxy) is 1. The molecule has 1 aromatic carbocycles. The maximum absolute atomic E-state index is 12.6. The van der Waals surface area contributed by atoms with E-state index in [0.29, 0.717) is 31.9 Å². The number of amides is 2. The Morgan fingerprint density at radius 3 is 1.96 bits per heavy atom. The van der Waals surface area contributed by atoms with E-state index in [-0.39, 0.29) is 23.8 Å². The fourth-order valence-electron chi connectivity index (χ4n) is 2.98. The molecule has 2 amide bonds. The molecule has 3 atom stereocenters. The van der Waals surface area contributed by atoms with Crippen LogP contribution in [0.15, 0.2) is 24.3 Å². The number of rotatable bonds is 6. The Balaban J connectivity index is 1.85. The second-order valence-corrected chi connectivity index (χ2v) is 7.06. The van der Waals surface area contributed by atoms with Crippen LogP contribution < -0.4 is 10.5 Å². The van der Waals surface area contributed by atoms with Gasteiger partial charge in [0.25, 0.3) is 5.91 Å². The third kappa shape index (κ3) is 4.97. The summed E-state index contributed by atoms with van der Waals surface area (Å²) >= 11 is 0. The molecule has 0 spiro atoms. The Labute approximate surface area is 156 Å². The summed E-state index contributed by atoms with van der Waals surface area (Å²) in [7, 11) is 0. The van der Waals surface area contributed by atoms with E-state index in [1.165, 1.54) is 5.56 Å². The largest absolute Gasteiger partial charge is 0.481 e. The van der Waals surface area contributed by atoms with Crippen molar-refractivity contribution >= 4 is 11.8 Å². The number of aryl methyl sites for hydroxylation is 1. The molecule has 1 aromatic rings. The molecule has 0 radical (unpaired) electrons. The third-order valence-corrected chi connectivity index (χ3v) is 5.07. The second kappa shape index (κ2) is 9.03. The molecule has 2 N–H and O–H groups in total. The molecule has 1 heterocycles. The molecular formula is C20H31N3O3. The van der Waals surface area contributed by atoms with Gasteiger partial charge in [-0.3, -0.25) is 9.59 Å². The molecule has 144 valence electrons. The monoisotopic (exact) mass is 361 g/mol. The van der Waals surface area contributed by atoms with E-state index in [0.717, 1.165) is 6.42 Å². The second-order valence-electron chi connectivity index (χ2n) is 7.06. The van der Waals surface area contributed by atoms with Crippen molar-refractivity contribution in [3.05, 3.63) is 29.8 Å². The third-order valence-electron chi connectivity index (χ3n) is 5.07. The lowest BCUT2D eigenvalue weighted by molar-refractivity contribution is -0.145. The first kappa shape index (κ1) is 20.2. The van der Waals surface area contributed by atoms with Gasteiger partial charge in [-0.2, -0.15) is 0 Å². The van der Waals surface area contributed by atoms with Crippen molar-refractivity contribution in [2.24, 2.45) is 11.7 Å². The number of hydrogen-bond acceptors (Lipinski definition) is 4. The molecule has 1 aliphatic heterocycles. The van der Waals surface area contributed by atoms with Crippen LogP contribution in [0.4, 0.5) is 0 Å². The van der Waals surface area contributed by atoms with Gasteiger partial charge in [0.05, 0.1) is 5.92 Å². The first-order valence-corrected chi connectivity index (χ1v) is 9.42. The van der Waals surface area contributed by atoms with Crippen molar-refractivity contribution in [3.63, 3.8) is 0 Å². The summed E-state index contributed by atoms with van der Waals surface area (Å²) in [5.74, 6) is 0.512. The number of nitrogens with two attached hydrogens (primary N) is 1. The lowest BCUT2D eigenvalue weighted by atomic mass is 10.0. The van der Waals surface area contributed by atoms with Crippen molar-refractivity contribution in [3.8, 4) is 5.75 Å². The highest BCUT2D eigenvalue weighted by Crippen LogP contribution is 2.16. The van der Waals surface area contributed by atoms with Gasteiger partial charge in [-0.1, -0.05) is 26.0 Å². The number of carbonyl (C=O) groups is 2. The highest BCUT2D eigenvalue weighted by molar-refractivity contribution is 5.82. The topological polar surface area (TPSA) is 75.9 Å². The lowest BCUT2D eigenvalue weighted by Gasteiger charge is -2.37. The normalized spacial score (nSPS) is 18.2. The summed E-state index contributed by atoms with van der Waals surface area (Å²) in [6.07, 6.45) is 0.423. The van der Waals surface area contributed by atoms with E-state index in [9.17, 15) is 9.59 Å². The van der Waals surface area contributed by atoms with Gasteiger partial charge in [0.1, 0.15) is 5.75 Å². The van der Waals surface area contributed by atoms with Crippen LogP contribution in [-0.2, 0) is 16.0 Å². The number of benzene rings is 1. The molecule has 0 saturated carbocycles. The van der Waals surface area contributed by atoms with Gasteiger partial charge >= 0.3 is 0 Å². The fourth-order valence-corrected chi connectivity index (χ4v) is 2.98. The molecule has 2 rings (SSSR count). The molecule has 0 bridgehead atoms. The highest BCUT2D eigenvalue weighted by Gasteiger charge is 2.30. The summed E-state index contributed by atoms with van der Waals surface area (Å²) < 4.78 is 5.78. The Bertz CT molecular complexity index is 607. The molecule has 1 saturated heterocycles. The molecule has 1 aliphatic rings. The van der Waals surface area contributed by atoms with E-state index in [2.05, 4.69) is 6.92 Å². The zero-order chi connectivity index (χ0) is 19.3. The molecular weight excluding hydrogens is 330 g/mol. The number of carbonyl (C=O) groups excluding carboxylic acids is 2. The van der Waals surface area contributed by atoms with E-state index >= 15 is 0 Å². The highest BCUT2D eigenvalue weighted by atomic mass is 16.5. The number of nitrogens with zero attached hydrogens (tertiary/aromatic N) is 2. The van der Waals surface area contributed by atoms with Gasteiger partial charge in [0.15, 0.2) is 6.10 Å². The molecule has 3 unspecified atom stereocenters. The van der Waals surface area contributed by atoms with E-state index in [4.69, 9.17) is 10.5 Å². The summed E-state index contributed by atoms with van der Waals surface area (Å²) in [4.78, 5) is 28.6. The summed E-state index contributed by atoms with van der Waals surface area (Å²) in [5, 5.41) is 0. The van der Waals surface area contributed by atoms with Crippen LogP contribution in [0.3, 0.4) is 0 Å². The Morgan fingerprint density at radius 2 is 1.50 bits per heavy atom. The minimum atomic E-state index is -0.548. The van der Waals surface area contributed by atoms with Crippen molar-refractivity contribution in [1.82, 2.24) is 9.80 Å². The van der Waals surface area contributed by atoms with Gasteiger partial charge in [-0.15, -0.1) is 0 Å². The van der Waals surface area contributed by atoms with Gasteiger partial charge in [-0.05, 0) is 38.0 Å². The van der Waals surface area contributed by atoms with Crippen molar-refractivity contribution < 1.29 is 14.3 Å². The van der Waals surface area contributed by atoms with Crippen LogP contribution >= 0.6 is 0 Å². The zero-order valence-electron chi connectivity index (χ0n) is 16.3. The van der Waals surface area contributed by atoms with Crippen molar-refractivity contribution in [2.75, 3.05) is 26.2 Å². The smallest absolute Gasteiger partial charge is 0.263 e. The van der Waals surface area contributed by atoms with Gasteiger partial charge in [0, 0.05) is 32.2 Å². The Morgan fingerprint density at radius 1 is 1.00 bits per heavy atom. The SMILES string of the molecule is CCc1ccc(OC(C)C(=O)N2CCN(C(=O)C(C)C(C)N)CC2)cc1. The standard InChI is InChI=1S/C20H31N3O3/c1-5-17-6-8-18(9-7-17)26-16(4)20(25)23-12-10-22(11-13-23)19(24)14(2)15(3)21/h6-9,14-16H,5,10-13,21H2,1-4H3. The van der Waals surface area contributed by atoms with Crippen molar-refractivity contribution in [1.29, 1.82) is 0 Å². The molecule has 1 fully saturated rings. The van der Waals surface area contributed by atoms with E-state index in [1.807, 2.05) is 38.1 Å². The van der Waals surface area contributed by atoms with Gasteiger partial charge < -0.3 is 20.3 Å². The van der Waals surface area contributed by atoms with Crippen LogP contribution in [-0.4, -0.2) is 59.9 Å². The average molecular weight is 361 g/mol. The minimum Gasteiger partial charge on any atom is -0.481 e. The molecule has 0 aliphatic carbocycles. The first-order chi connectivity index (χ1) is 12.3. The predicted molar refractivity (Wildman–Crippen MR) is 102 cm³/mol. The summed E-state index contributed by atoms with van der Waals surface area (Å²) in [5.41, 5.74) is 7.06. The lowest BCUT2D eigenvalue weighted by Crippen LogP contribution is -2.55. The van der Waals surface area contributed by atoms with Crippen LogP contribution in [0.25, 0.3) is 0 Å². The molecule has 6 nitrogen and oxygen atoms in total. The Hall–Kier alpha value is -2.08. The quantitative estimate of drug-likeness (QED) is 0.836. The van der Waals surface area contributed by atoms with Crippen LogP contribution in [0.2, 0.25) is 0 Å². The Kier molecular flexibility index (Phi) is 7.03. The minimum absolute atomic E-state index is 0.0445. The van der Waals surface area contributed by atoms with E-state index < -0.39 is 6.10 Å². The van der Waals surface area contributed by atoms with Gasteiger partial charge in [-0.25, -0.2) is 0 Å². The van der Waals surface area contributed by atoms with Gasteiger partial charge in [0.2, 0.25) is 5.91 Å². The van der Waals surface area contributed by atoms with Crippen LogP contribution in [0, 0.1) is 5.92 Å².